The van der Waals surface area contributed by atoms with Crippen LogP contribution in [0.3, 0.4) is 0 Å². The predicted molar refractivity (Wildman–Crippen MR) is 134 cm³/mol. The van der Waals surface area contributed by atoms with Gasteiger partial charge in [-0.2, -0.15) is 13.2 Å². The van der Waals surface area contributed by atoms with E-state index in [9.17, 15) is 22.8 Å². The molecule has 7 rings (SSSR count). The van der Waals surface area contributed by atoms with Crippen LogP contribution in [0.15, 0.2) is 29.8 Å². The molecular weight excluding hydrogens is 519 g/mol. The quantitative estimate of drug-likeness (QED) is 0.383. The van der Waals surface area contributed by atoms with Crippen molar-refractivity contribution in [2.45, 2.75) is 76.2 Å². The van der Waals surface area contributed by atoms with E-state index in [0.29, 0.717) is 62.1 Å². The molecule has 38 heavy (non-hydrogen) atoms. The molecule has 4 heterocycles. The standard InChI is InChI=1S/C27H28F3N3O4S/c28-27(29,30)21-12-17(16-38-21)14-33-20-15-32(11-3-18(20)19-2-1-10-31-23(19)33)22(34)13-25-4-7-26(8-5-25,9-6-25)37-24(35)36/h1-2,10,12,16H,3-9,11,13-15H2,(H,35,36). The van der Waals surface area contributed by atoms with Crippen molar-refractivity contribution < 1.29 is 32.6 Å². The van der Waals surface area contributed by atoms with E-state index in [0.717, 1.165) is 41.6 Å². The van der Waals surface area contributed by atoms with Crippen molar-refractivity contribution in [3.8, 4) is 0 Å². The number of hydrogen-bond acceptors (Lipinski definition) is 5. The molecule has 0 atom stereocenters. The van der Waals surface area contributed by atoms with Crippen LogP contribution in [0.5, 0.6) is 0 Å². The predicted octanol–water partition coefficient (Wildman–Crippen LogP) is 6.23. The maximum atomic E-state index is 13.6. The lowest BCUT2D eigenvalue weighted by atomic mass is 9.57. The van der Waals surface area contributed by atoms with Gasteiger partial charge in [-0.3, -0.25) is 4.79 Å². The van der Waals surface area contributed by atoms with E-state index in [1.165, 1.54) is 11.4 Å². The summed E-state index contributed by atoms with van der Waals surface area (Å²) in [7, 11) is 0. The van der Waals surface area contributed by atoms with Crippen LogP contribution in [0.25, 0.3) is 11.0 Å². The lowest BCUT2D eigenvalue weighted by Gasteiger charge is -2.52. The highest BCUT2D eigenvalue weighted by atomic mass is 32.1. The minimum Gasteiger partial charge on any atom is -0.450 e. The fourth-order valence-corrected chi connectivity index (χ4v) is 7.47. The van der Waals surface area contributed by atoms with Crippen molar-refractivity contribution in [1.29, 1.82) is 0 Å². The highest BCUT2D eigenvalue weighted by molar-refractivity contribution is 7.10. The second-order valence-corrected chi connectivity index (χ2v) is 11.9. The van der Waals surface area contributed by atoms with E-state index in [2.05, 4.69) is 4.98 Å². The molecule has 1 aliphatic heterocycles. The van der Waals surface area contributed by atoms with Gasteiger partial charge in [0.15, 0.2) is 0 Å². The maximum Gasteiger partial charge on any atom is 0.506 e. The Morgan fingerprint density at radius 1 is 1.16 bits per heavy atom. The average molecular weight is 548 g/mol. The molecule has 2 bridgehead atoms. The number of aromatic nitrogens is 2. The number of rotatable bonds is 5. The van der Waals surface area contributed by atoms with Gasteiger partial charge in [0, 0.05) is 30.2 Å². The number of pyridine rings is 1. The minimum atomic E-state index is -4.38. The topological polar surface area (TPSA) is 84.7 Å². The Morgan fingerprint density at radius 3 is 2.55 bits per heavy atom. The molecule has 0 unspecified atom stereocenters. The number of amides is 1. The number of fused-ring (bicyclic) bond motifs is 6. The van der Waals surface area contributed by atoms with Gasteiger partial charge in [-0.15, -0.1) is 11.3 Å². The lowest BCUT2D eigenvalue weighted by Crippen LogP contribution is -2.50. The zero-order valence-electron chi connectivity index (χ0n) is 20.7. The zero-order valence-corrected chi connectivity index (χ0v) is 21.5. The Bertz CT molecular complexity index is 1390. The second-order valence-electron chi connectivity index (χ2n) is 11.0. The average Bonchev–Trinajstić information content (AvgIpc) is 3.48. The van der Waals surface area contributed by atoms with Gasteiger partial charge in [0.2, 0.25) is 5.91 Å². The van der Waals surface area contributed by atoms with E-state index in [-0.39, 0.29) is 17.9 Å². The highest BCUT2D eigenvalue weighted by Crippen LogP contribution is 2.55. The second kappa shape index (κ2) is 9.00. The normalized spacial score (nSPS) is 25.0. The number of carbonyl (C=O) groups is 2. The Kier molecular flexibility index (Phi) is 5.97. The molecule has 3 saturated carbocycles. The van der Waals surface area contributed by atoms with E-state index < -0.39 is 22.8 Å². The molecule has 3 fully saturated rings. The number of thiophene rings is 1. The van der Waals surface area contributed by atoms with Gasteiger partial charge in [-0.05, 0) is 85.1 Å². The monoisotopic (exact) mass is 547 g/mol. The smallest absolute Gasteiger partial charge is 0.450 e. The van der Waals surface area contributed by atoms with Crippen molar-refractivity contribution in [3.05, 3.63) is 51.5 Å². The van der Waals surface area contributed by atoms with Crippen LogP contribution in [0.4, 0.5) is 18.0 Å². The Balaban J connectivity index is 1.22. The summed E-state index contributed by atoms with van der Waals surface area (Å²) >= 11 is 0.690. The van der Waals surface area contributed by atoms with E-state index >= 15 is 0 Å². The molecule has 4 aliphatic rings. The molecule has 11 heteroatoms. The first-order valence-corrected chi connectivity index (χ1v) is 13.7. The molecule has 3 aliphatic carbocycles. The largest absolute Gasteiger partial charge is 0.506 e. The number of ether oxygens (including phenoxy) is 1. The van der Waals surface area contributed by atoms with Crippen LogP contribution in [0, 0.1) is 5.41 Å². The molecule has 1 N–H and O–H groups in total. The third kappa shape index (κ3) is 4.44. The van der Waals surface area contributed by atoms with Gasteiger partial charge >= 0.3 is 12.3 Å². The first-order valence-electron chi connectivity index (χ1n) is 12.9. The fourth-order valence-electron chi connectivity index (χ4n) is 6.70. The highest BCUT2D eigenvalue weighted by Gasteiger charge is 2.52. The third-order valence-corrected chi connectivity index (χ3v) is 9.83. The van der Waals surface area contributed by atoms with Crippen LogP contribution in [0.2, 0.25) is 0 Å². The minimum absolute atomic E-state index is 0.0730. The summed E-state index contributed by atoms with van der Waals surface area (Å²) in [6.45, 7) is 1.23. The summed E-state index contributed by atoms with van der Waals surface area (Å²) in [5, 5.41) is 11.6. The maximum absolute atomic E-state index is 13.6. The molecule has 0 aromatic carbocycles. The van der Waals surface area contributed by atoms with E-state index in [4.69, 9.17) is 9.84 Å². The number of halogens is 3. The number of hydrogen-bond donors (Lipinski definition) is 1. The van der Waals surface area contributed by atoms with Gasteiger partial charge in [-0.25, -0.2) is 9.78 Å². The summed E-state index contributed by atoms with van der Waals surface area (Å²) in [6.07, 6.45) is 1.42. The van der Waals surface area contributed by atoms with Crippen LogP contribution >= 0.6 is 11.3 Å². The molecule has 0 spiro atoms. The summed E-state index contributed by atoms with van der Waals surface area (Å²) in [4.78, 5) is 30.5. The molecular formula is C27H28F3N3O4S. The fraction of sp³-hybridized carbons (Fsp3) is 0.519. The van der Waals surface area contributed by atoms with Crippen LogP contribution < -0.4 is 0 Å². The van der Waals surface area contributed by atoms with Crippen molar-refractivity contribution in [3.63, 3.8) is 0 Å². The lowest BCUT2D eigenvalue weighted by molar-refractivity contribution is -0.144. The third-order valence-electron chi connectivity index (χ3n) is 8.80. The van der Waals surface area contributed by atoms with Crippen molar-refractivity contribution in [2.24, 2.45) is 5.41 Å². The van der Waals surface area contributed by atoms with Gasteiger partial charge in [0.05, 0.1) is 13.1 Å². The summed E-state index contributed by atoms with van der Waals surface area (Å²) < 4.78 is 46.8. The number of alkyl halides is 3. The molecule has 1 amide bonds. The molecule has 0 radical (unpaired) electrons. The van der Waals surface area contributed by atoms with Gasteiger partial charge in [0.25, 0.3) is 0 Å². The van der Waals surface area contributed by atoms with Crippen molar-refractivity contribution in [2.75, 3.05) is 6.54 Å². The first-order chi connectivity index (χ1) is 18.1. The zero-order chi connectivity index (χ0) is 26.7. The molecule has 202 valence electrons. The summed E-state index contributed by atoms with van der Waals surface area (Å²) in [5.74, 6) is 0.0730. The van der Waals surface area contributed by atoms with Gasteiger partial charge in [-0.1, -0.05) is 0 Å². The number of nitrogens with zero attached hydrogens (tertiary/aromatic N) is 3. The van der Waals surface area contributed by atoms with Gasteiger partial charge < -0.3 is 19.3 Å². The van der Waals surface area contributed by atoms with Crippen molar-refractivity contribution in [1.82, 2.24) is 14.5 Å². The molecule has 7 nitrogen and oxygen atoms in total. The first kappa shape index (κ1) is 25.2. The van der Waals surface area contributed by atoms with E-state index in [1.807, 2.05) is 21.6 Å². The number of carbonyl (C=O) groups excluding carboxylic acids is 1. The molecule has 0 saturated heterocycles. The Morgan fingerprint density at radius 2 is 1.89 bits per heavy atom. The molecule has 3 aromatic heterocycles. The SMILES string of the molecule is O=C(O)OC12CCC(CC(=O)N3CCc4c(n(Cc5csc(C(F)(F)F)c5)c5ncccc45)C3)(CC1)CC2. The number of carboxylic acid groups (broad SMARTS) is 1. The molecule has 3 aromatic rings. The van der Waals surface area contributed by atoms with Crippen LogP contribution in [-0.2, 0) is 35.2 Å². The Labute approximate surface area is 221 Å². The summed E-state index contributed by atoms with van der Waals surface area (Å²) in [6, 6.07) is 5.03. The van der Waals surface area contributed by atoms with E-state index in [1.54, 1.807) is 6.20 Å². The van der Waals surface area contributed by atoms with Gasteiger partial charge in [0.1, 0.15) is 16.1 Å². The van der Waals surface area contributed by atoms with Crippen LogP contribution in [-0.4, -0.2) is 43.8 Å². The summed E-state index contributed by atoms with van der Waals surface area (Å²) in [5.41, 5.74) is 2.59. The van der Waals surface area contributed by atoms with Crippen molar-refractivity contribution >= 4 is 34.4 Å². The van der Waals surface area contributed by atoms with Crippen LogP contribution in [0.1, 0.15) is 66.6 Å². The Hall–Kier alpha value is -3.08.